The third-order valence-corrected chi connectivity index (χ3v) is 4.19. The predicted octanol–water partition coefficient (Wildman–Crippen LogP) is 1.76. The van der Waals surface area contributed by atoms with Gasteiger partial charge in [-0.25, -0.2) is 0 Å². The quantitative estimate of drug-likeness (QED) is 0.526. The highest BCUT2D eigenvalue weighted by Crippen LogP contribution is 2.22. The van der Waals surface area contributed by atoms with Crippen LogP contribution in [0.25, 0.3) is 0 Å². The van der Waals surface area contributed by atoms with E-state index < -0.39 is 0 Å². The molecule has 0 saturated carbocycles. The van der Waals surface area contributed by atoms with Gasteiger partial charge in [0, 0.05) is 31.2 Å². The molecule has 3 N–H and O–H groups in total. The monoisotopic (exact) mass is 283 g/mol. The molecular weight excluding hydrogens is 250 g/mol. The first-order chi connectivity index (χ1) is 9.49. The third kappa shape index (κ3) is 5.92. The van der Waals surface area contributed by atoms with Gasteiger partial charge in [0.2, 0.25) is 0 Å². The largest absolute Gasteiger partial charge is 0.376 e. The molecule has 0 aromatic rings. The maximum absolute atomic E-state index is 6.06. The summed E-state index contributed by atoms with van der Waals surface area (Å²) in [7, 11) is 0. The van der Waals surface area contributed by atoms with Gasteiger partial charge in [0.25, 0.3) is 0 Å². The third-order valence-electron chi connectivity index (χ3n) is 4.19. The molecule has 1 saturated heterocycles. The van der Waals surface area contributed by atoms with Gasteiger partial charge in [0.1, 0.15) is 0 Å². The molecule has 1 atom stereocenters. The van der Waals surface area contributed by atoms with Crippen LogP contribution in [0, 0.1) is 0 Å². The maximum Gasteiger partial charge on any atom is 0.0672 e. The summed E-state index contributed by atoms with van der Waals surface area (Å²) < 4.78 is 5.55. The Morgan fingerprint density at radius 1 is 1.40 bits per heavy atom. The van der Waals surface area contributed by atoms with Gasteiger partial charge >= 0.3 is 0 Å². The van der Waals surface area contributed by atoms with Crippen LogP contribution in [0.2, 0.25) is 0 Å². The highest BCUT2D eigenvalue weighted by molar-refractivity contribution is 4.93. The van der Waals surface area contributed by atoms with E-state index in [0.29, 0.717) is 19.2 Å². The van der Waals surface area contributed by atoms with Gasteiger partial charge in [-0.05, 0) is 46.6 Å². The molecule has 1 heterocycles. The van der Waals surface area contributed by atoms with Crippen molar-refractivity contribution in [3.8, 4) is 0 Å². The highest BCUT2D eigenvalue weighted by Gasteiger charge is 2.31. The van der Waals surface area contributed by atoms with E-state index in [-0.39, 0.29) is 5.54 Å². The Kier molecular flexibility index (Phi) is 7.74. The van der Waals surface area contributed by atoms with E-state index in [9.17, 15) is 0 Å². The zero-order valence-corrected chi connectivity index (χ0v) is 13.6. The minimum Gasteiger partial charge on any atom is -0.376 e. The van der Waals surface area contributed by atoms with E-state index in [1.54, 1.807) is 0 Å². The highest BCUT2D eigenvalue weighted by atomic mass is 16.5. The summed E-state index contributed by atoms with van der Waals surface area (Å²) >= 11 is 0. The average molecular weight is 283 g/mol. The van der Waals surface area contributed by atoms with Crippen LogP contribution in [0.1, 0.15) is 40.0 Å². The standard InChI is InChI=1S/C16H33N3O/c1-14(2)12-20-11-8-18-16(13-17)6-5-9-19(10-7-16)15(3)4/h15,18H,1,5-13,17H2,2-4H3. The van der Waals surface area contributed by atoms with Crippen LogP contribution in [0.3, 0.4) is 0 Å². The molecule has 0 aromatic heterocycles. The Morgan fingerprint density at radius 3 is 2.75 bits per heavy atom. The zero-order valence-electron chi connectivity index (χ0n) is 13.6. The number of hydrogen-bond donors (Lipinski definition) is 2. The lowest BCUT2D eigenvalue weighted by Gasteiger charge is -2.33. The van der Waals surface area contributed by atoms with Crippen LogP contribution >= 0.6 is 0 Å². The first-order valence-corrected chi connectivity index (χ1v) is 7.90. The number of likely N-dealkylation sites (tertiary alicyclic amines) is 1. The lowest BCUT2D eigenvalue weighted by atomic mass is 9.90. The van der Waals surface area contributed by atoms with Crippen LogP contribution < -0.4 is 11.1 Å². The van der Waals surface area contributed by atoms with E-state index in [1.165, 1.54) is 13.0 Å². The molecule has 0 spiro atoms. The molecule has 1 aliphatic rings. The summed E-state index contributed by atoms with van der Waals surface area (Å²) in [5, 5.41) is 3.65. The fraction of sp³-hybridized carbons (Fsp3) is 0.875. The van der Waals surface area contributed by atoms with E-state index in [1.807, 2.05) is 6.92 Å². The Bertz CT molecular complexity index is 293. The van der Waals surface area contributed by atoms with Crippen molar-refractivity contribution in [2.75, 3.05) is 39.4 Å². The second kappa shape index (κ2) is 8.78. The minimum absolute atomic E-state index is 0.0935. The van der Waals surface area contributed by atoms with Gasteiger partial charge in [-0.1, -0.05) is 12.2 Å². The van der Waals surface area contributed by atoms with Gasteiger partial charge in [-0.3, -0.25) is 0 Å². The van der Waals surface area contributed by atoms with Gasteiger partial charge < -0.3 is 20.7 Å². The minimum atomic E-state index is 0.0935. The molecule has 0 aliphatic carbocycles. The molecule has 1 aliphatic heterocycles. The molecule has 0 amide bonds. The fourth-order valence-electron chi connectivity index (χ4n) is 2.82. The van der Waals surface area contributed by atoms with Crippen molar-refractivity contribution >= 4 is 0 Å². The molecule has 20 heavy (non-hydrogen) atoms. The molecule has 1 fully saturated rings. The number of nitrogens with two attached hydrogens (primary N) is 1. The van der Waals surface area contributed by atoms with E-state index in [0.717, 1.165) is 38.1 Å². The second-order valence-corrected chi connectivity index (χ2v) is 6.40. The van der Waals surface area contributed by atoms with Gasteiger partial charge in [0.05, 0.1) is 13.2 Å². The molecule has 4 nitrogen and oxygen atoms in total. The predicted molar refractivity (Wildman–Crippen MR) is 86.0 cm³/mol. The number of ether oxygens (including phenoxy) is 1. The first kappa shape index (κ1) is 17.6. The summed E-state index contributed by atoms with van der Waals surface area (Å²) in [6.45, 7) is 15.6. The normalized spacial score (nSPS) is 24.9. The van der Waals surface area contributed by atoms with Crippen LogP contribution in [-0.2, 0) is 4.74 Å². The van der Waals surface area contributed by atoms with Gasteiger partial charge in [-0.15, -0.1) is 0 Å². The molecule has 118 valence electrons. The Balaban J connectivity index is 2.37. The topological polar surface area (TPSA) is 50.5 Å². The Hall–Kier alpha value is -0.420. The maximum atomic E-state index is 6.06. The summed E-state index contributed by atoms with van der Waals surface area (Å²) in [6, 6.07) is 0.627. The smallest absolute Gasteiger partial charge is 0.0672 e. The number of hydrogen-bond acceptors (Lipinski definition) is 4. The Morgan fingerprint density at radius 2 is 2.15 bits per heavy atom. The van der Waals surface area contributed by atoms with E-state index in [2.05, 4.69) is 30.6 Å². The zero-order chi connectivity index (χ0) is 15.0. The van der Waals surface area contributed by atoms with E-state index >= 15 is 0 Å². The first-order valence-electron chi connectivity index (χ1n) is 7.90. The van der Waals surface area contributed by atoms with Crippen LogP contribution in [-0.4, -0.2) is 55.9 Å². The molecule has 4 heteroatoms. The van der Waals surface area contributed by atoms with Crippen molar-refractivity contribution in [3.63, 3.8) is 0 Å². The summed E-state index contributed by atoms with van der Waals surface area (Å²) in [6.07, 6.45) is 3.50. The van der Waals surface area contributed by atoms with Crippen LogP contribution in [0.5, 0.6) is 0 Å². The van der Waals surface area contributed by atoms with Crippen molar-refractivity contribution in [3.05, 3.63) is 12.2 Å². The SMILES string of the molecule is C=C(C)COCCNC1(CN)CCCN(C(C)C)CC1. The van der Waals surface area contributed by atoms with Crippen LogP contribution in [0.15, 0.2) is 12.2 Å². The number of nitrogens with one attached hydrogen (secondary N) is 1. The summed E-state index contributed by atoms with van der Waals surface area (Å²) in [4.78, 5) is 2.55. The van der Waals surface area contributed by atoms with Crippen molar-refractivity contribution in [2.45, 2.75) is 51.6 Å². The molecule has 0 aromatic carbocycles. The number of nitrogens with zero attached hydrogens (tertiary/aromatic N) is 1. The van der Waals surface area contributed by atoms with Gasteiger partial charge in [0.15, 0.2) is 0 Å². The molecular formula is C16H33N3O. The van der Waals surface area contributed by atoms with Crippen LogP contribution in [0.4, 0.5) is 0 Å². The van der Waals surface area contributed by atoms with Crippen molar-refractivity contribution in [1.82, 2.24) is 10.2 Å². The van der Waals surface area contributed by atoms with Crippen molar-refractivity contribution in [1.29, 1.82) is 0 Å². The second-order valence-electron chi connectivity index (χ2n) is 6.40. The molecule has 1 rings (SSSR count). The molecule has 0 radical (unpaired) electrons. The summed E-state index contributed by atoms with van der Waals surface area (Å²) in [5.41, 5.74) is 7.22. The van der Waals surface area contributed by atoms with Crippen molar-refractivity contribution in [2.24, 2.45) is 5.73 Å². The van der Waals surface area contributed by atoms with Gasteiger partial charge in [-0.2, -0.15) is 0 Å². The fourth-order valence-corrected chi connectivity index (χ4v) is 2.82. The number of rotatable bonds is 8. The lowest BCUT2D eigenvalue weighted by Crippen LogP contribution is -2.52. The van der Waals surface area contributed by atoms with Crippen molar-refractivity contribution < 1.29 is 4.74 Å². The average Bonchev–Trinajstić information content (AvgIpc) is 2.61. The summed E-state index contributed by atoms with van der Waals surface area (Å²) in [5.74, 6) is 0. The molecule has 0 bridgehead atoms. The lowest BCUT2D eigenvalue weighted by molar-refractivity contribution is 0.144. The van der Waals surface area contributed by atoms with E-state index in [4.69, 9.17) is 10.5 Å². The molecule has 1 unspecified atom stereocenters. The Labute approximate surface area is 124 Å².